The van der Waals surface area contributed by atoms with E-state index in [1.165, 1.54) is 18.2 Å². The number of hydrogen-bond donors (Lipinski definition) is 2. The van der Waals surface area contributed by atoms with Gasteiger partial charge in [-0.25, -0.2) is 13.1 Å². The van der Waals surface area contributed by atoms with Gasteiger partial charge in [0.05, 0.1) is 18.1 Å². The zero-order chi connectivity index (χ0) is 19.6. The number of sulfonamides is 1. The smallest absolute Gasteiger partial charge is 0.325 e. The first-order valence-corrected chi connectivity index (χ1v) is 11.7. The molecule has 0 spiro atoms. The first kappa shape index (κ1) is 22.8. The molecule has 0 atom stereocenters. The van der Waals surface area contributed by atoms with E-state index in [-0.39, 0.29) is 23.8 Å². The van der Waals surface area contributed by atoms with Crippen molar-refractivity contribution in [2.75, 3.05) is 31.2 Å². The summed E-state index contributed by atoms with van der Waals surface area (Å²) in [6, 6.07) is 5.86. The Kier molecular flexibility index (Phi) is 9.46. The summed E-state index contributed by atoms with van der Waals surface area (Å²) in [6.07, 6.45) is 1.17. The topological polar surface area (TPSA) is 111 Å². The summed E-state index contributed by atoms with van der Waals surface area (Å²) in [5.74, 6) is -0.580. The molecule has 26 heavy (non-hydrogen) atoms. The van der Waals surface area contributed by atoms with Crippen LogP contribution in [0.2, 0.25) is 0 Å². The Hall–Kier alpha value is -1.25. The summed E-state index contributed by atoms with van der Waals surface area (Å²) in [4.78, 5) is 12.2. The molecule has 0 aliphatic rings. The first-order chi connectivity index (χ1) is 12.3. The summed E-state index contributed by atoms with van der Waals surface area (Å²) in [6.45, 7) is 5.94. The van der Waals surface area contributed by atoms with Gasteiger partial charge in [0.15, 0.2) is 0 Å². The predicted molar refractivity (Wildman–Crippen MR) is 101 cm³/mol. The van der Waals surface area contributed by atoms with Crippen molar-refractivity contribution in [2.45, 2.75) is 38.5 Å². The van der Waals surface area contributed by atoms with Crippen molar-refractivity contribution in [3.05, 3.63) is 24.3 Å². The molecule has 0 aromatic heterocycles. The lowest BCUT2D eigenvalue weighted by atomic mass is 10.3. The van der Waals surface area contributed by atoms with Crippen molar-refractivity contribution in [3.8, 4) is 0 Å². The van der Waals surface area contributed by atoms with E-state index in [9.17, 15) is 17.8 Å². The van der Waals surface area contributed by atoms with E-state index in [0.717, 1.165) is 12.8 Å². The quantitative estimate of drug-likeness (QED) is 0.408. The van der Waals surface area contributed by atoms with Gasteiger partial charge in [0.2, 0.25) is 15.9 Å². The Morgan fingerprint density at radius 2 is 1.81 bits per heavy atom. The zero-order valence-electron chi connectivity index (χ0n) is 15.4. The van der Waals surface area contributed by atoms with Gasteiger partial charge in [-0.05, 0) is 38.5 Å². The van der Waals surface area contributed by atoms with Crippen LogP contribution in [0.15, 0.2) is 29.2 Å². The number of nitrogens with one attached hydrogen (secondary N) is 2. The second kappa shape index (κ2) is 10.8. The minimum Gasteiger partial charge on any atom is -0.325 e. The van der Waals surface area contributed by atoms with E-state index in [4.69, 9.17) is 9.05 Å². The Morgan fingerprint density at radius 3 is 2.38 bits per heavy atom. The minimum absolute atomic E-state index is 0.0456. The normalized spacial score (nSPS) is 12.1. The summed E-state index contributed by atoms with van der Waals surface area (Å²) < 4.78 is 49.5. The Balaban J connectivity index is 2.82. The predicted octanol–water partition coefficient (Wildman–Crippen LogP) is 2.97. The van der Waals surface area contributed by atoms with Gasteiger partial charge in [0, 0.05) is 12.2 Å². The summed E-state index contributed by atoms with van der Waals surface area (Å²) in [5, 5.41) is 2.53. The fraction of sp³-hybridized carbons (Fsp3) is 0.562. The molecule has 0 unspecified atom stereocenters. The highest BCUT2D eigenvalue weighted by Crippen LogP contribution is 2.47. The van der Waals surface area contributed by atoms with Crippen LogP contribution in [0.1, 0.15) is 33.6 Å². The first-order valence-electron chi connectivity index (χ1n) is 8.54. The number of benzene rings is 1. The van der Waals surface area contributed by atoms with Gasteiger partial charge < -0.3 is 14.4 Å². The van der Waals surface area contributed by atoms with E-state index in [1.54, 1.807) is 19.9 Å². The second-order valence-corrected chi connectivity index (χ2v) is 9.25. The van der Waals surface area contributed by atoms with Crippen LogP contribution in [0.25, 0.3) is 0 Å². The molecular formula is C16H27N2O6PS. The number of carbonyl (C=O) groups is 1. The molecule has 0 heterocycles. The average Bonchev–Trinajstić information content (AvgIpc) is 2.55. The lowest BCUT2D eigenvalue weighted by Gasteiger charge is -2.16. The van der Waals surface area contributed by atoms with Crippen LogP contribution in [-0.2, 0) is 28.4 Å². The molecule has 148 valence electrons. The summed E-state index contributed by atoms with van der Waals surface area (Å²) in [5.41, 5.74) is 0.285. The van der Waals surface area contributed by atoms with Crippen molar-refractivity contribution >= 4 is 29.2 Å². The number of unbranched alkanes of at least 4 members (excludes halogenated alkanes) is 1. The van der Waals surface area contributed by atoms with Crippen LogP contribution in [0, 0.1) is 0 Å². The molecule has 1 amide bonds. The average molecular weight is 406 g/mol. The van der Waals surface area contributed by atoms with Gasteiger partial charge >= 0.3 is 7.60 Å². The summed E-state index contributed by atoms with van der Waals surface area (Å²) in [7, 11) is -7.17. The largest absolute Gasteiger partial charge is 0.340 e. The van der Waals surface area contributed by atoms with Crippen LogP contribution < -0.4 is 10.0 Å². The lowest BCUT2D eigenvalue weighted by molar-refractivity contribution is -0.114. The Bertz CT molecular complexity index is 728. The highest BCUT2D eigenvalue weighted by atomic mass is 32.2. The molecule has 0 bridgehead atoms. The van der Waals surface area contributed by atoms with Gasteiger partial charge in [0.25, 0.3) is 0 Å². The van der Waals surface area contributed by atoms with Crippen LogP contribution >= 0.6 is 7.60 Å². The van der Waals surface area contributed by atoms with Crippen LogP contribution in [0.5, 0.6) is 0 Å². The van der Waals surface area contributed by atoms with E-state index in [0.29, 0.717) is 6.54 Å². The molecule has 1 aromatic carbocycles. The van der Waals surface area contributed by atoms with E-state index < -0.39 is 29.7 Å². The maximum absolute atomic E-state index is 12.4. The molecule has 8 nitrogen and oxygen atoms in total. The van der Waals surface area contributed by atoms with Gasteiger partial charge in [0.1, 0.15) is 6.16 Å². The molecule has 0 radical (unpaired) electrons. The summed E-state index contributed by atoms with van der Waals surface area (Å²) >= 11 is 0. The molecular weight excluding hydrogens is 379 g/mol. The monoisotopic (exact) mass is 406 g/mol. The van der Waals surface area contributed by atoms with Gasteiger partial charge in [-0.1, -0.05) is 19.4 Å². The minimum atomic E-state index is -3.65. The number of carbonyl (C=O) groups excluding carboxylic acids is 1. The zero-order valence-corrected chi connectivity index (χ0v) is 17.1. The van der Waals surface area contributed by atoms with Crippen molar-refractivity contribution in [2.24, 2.45) is 0 Å². The molecule has 0 aliphatic heterocycles. The SMILES string of the molecule is CCCCNS(=O)(=O)c1cccc(NC(=O)CP(=O)(OCC)OCC)c1. The molecule has 0 saturated carbocycles. The van der Waals surface area contributed by atoms with Crippen molar-refractivity contribution in [3.63, 3.8) is 0 Å². The third-order valence-corrected chi connectivity index (χ3v) is 6.68. The second-order valence-electron chi connectivity index (χ2n) is 5.43. The van der Waals surface area contributed by atoms with Crippen molar-refractivity contribution in [1.29, 1.82) is 0 Å². The number of rotatable bonds is 12. The fourth-order valence-corrected chi connectivity index (χ4v) is 4.70. The van der Waals surface area contributed by atoms with E-state index in [1.807, 2.05) is 6.92 Å². The lowest BCUT2D eigenvalue weighted by Crippen LogP contribution is -2.25. The molecule has 10 heteroatoms. The molecule has 1 aromatic rings. The molecule has 0 saturated heterocycles. The van der Waals surface area contributed by atoms with Gasteiger partial charge in [-0.3, -0.25) is 9.36 Å². The number of amides is 1. The fourth-order valence-electron chi connectivity index (χ4n) is 2.11. The van der Waals surface area contributed by atoms with Crippen LogP contribution in [-0.4, -0.2) is 40.2 Å². The molecule has 0 aliphatic carbocycles. The van der Waals surface area contributed by atoms with Crippen LogP contribution in [0.4, 0.5) is 5.69 Å². The van der Waals surface area contributed by atoms with Gasteiger partial charge in [-0.2, -0.15) is 0 Å². The highest BCUT2D eigenvalue weighted by molar-refractivity contribution is 7.89. The highest BCUT2D eigenvalue weighted by Gasteiger charge is 2.27. The molecule has 1 rings (SSSR count). The maximum atomic E-state index is 12.4. The standard InChI is InChI=1S/C16H27N2O6PS/c1-4-7-11-17-26(21,22)15-10-8-9-14(12-15)18-16(19)13-25(20,23-5-2)24-6-3/h8-10,12,17H,4-7,11,13H2,1-3H3,(H,18,19). The Morgan fingerprint density at radius 1 is 1.15 bits per heavy atom. The third kappa shape index (κ3) is 7.55. The van der Waals surface area contributed by atoms with Crippen LogP contribution in [0.3, 0.4) is 0 Å². The number of anilines is 1. The number of hydrogen-bond acceptors (Lipinski definition) is 6. The van der Waals surface area contributed by atoms with Crippen molar-refractivity contribution < 1.29 is 26.8 Å². The van der Waals surface area contributed by atoms with Crippen molar-refractivity contribution in [1.82, 2.24) is 4.72 Å². The molecule has 2 N–H and O–H groups in total. The Labute approximate surface area is 155 Å². The maximum Gasteiger partial charge on any atom is 0.340 e. The van der Waals surface area contributed by atoms with E-state index >= 15 is 0 Å². The third-order valence-electron chi connectivity index (χ3n) is 3.24. The van der Waals surface area contributed by atoms with Gasteiger partial charge in [-0.15, -0.1) is 0 Å². The molecule has 0 fully saturated rings. The van der Waals surface area contributed by atoms with E-state index in [2.05, 4.69) is 10.0 Å².